The van der Waals surface area contributed by atoms with Crippen LogP contribution >= 0.6 is 0 Å². The molecule has 11 saturated heterocycles. The highest BCUT2D eigenvalue weighted by molar-refractivity contribution is 5.75. The van der Waals surface area contributed by atoms with Gasteiger partial charge in [0.15, 0.2) is 69.2 Å². The first kappa shape index (κ1) is 114. The molecule has 139 heavy (non-hydrogen) atoms. The van der Waals surface area contributed by atoms with Crippen LogP contribution in [0.3, 0.4) is 0 Å². The van der Waals surface area contributed by atoms with E-state index < -0.39 is 439 Å². The Morgan fingerprint density at radius 1 is 0.201 bits per heavy atom. The molecule has 11 aliphatic rings. The maximum absolute atomic E-state index is 13.4. The first-order valence-electron chi connectivity index (χ1n) is 44.5. The second kappa shape index (κ2) is 50.0. The molecular formula is C78H130N6O55. The predicted octanol–water partition coefficient (Wildman–Crippen LogP) is -23.1. The second-order valence-corrected chi connectivity index (χ2v) is 35.3. The number of carbonyl (C=O) groups excluding carboxylic acids is 6. The summed E-state index contributed by atoms with van der Waals surface area (Å²) in [6.45, 7) is -4.42. The lowest BCUT2D eigenvalue weighted by Gasteiger charge is -2.51. The average Bonchev–Trinajstić information content (AvgIpc) is 0.766. The standard InChI is InChI=1S/C78H130N6O55/c1-18-41(99)53(111)57(115)74(121-18)119-17-34-63(49(107)35(68(118)122-34)79-19(2)93)134-70-37(81-21(4)95)52(110)62(32(15-92)128-70)135-76-59(117)65(47(105)33(131-76)16-120-77-66(55(113)44(102)27(10-87)126-77)138-71-38(82-22(5)96)50(108)60(30(13-90)129-71)132-69-36(80-20(3)94)48(106)42(100)25(8-85)123-69)137-78-67(56(114)45(103)28(11-88)127-78)139-72-39(83-23(6)97)51(109)61(31(14-91)130-72)133-73-40(84-24(7)98)64(46(104)29(12-89)124-73)136-75-58(116)54(112)43(101)26(9-86)125-75/h18,25-78,85-92,99-118H,8-17H2,1-7H3,(H,79,93)(H,80,94)(H,81,95)(H,82,96)(H,83,97)(H,84,98)/t18-,25+,26+,27+,28+,29+,30+,31+,32+,33+,34+,35+,36+,37+,38+,39+,40+,41+,42-,43-,44+,45+,46-,47+,48+,49+,50+,51+,52+,53+,54-,55-,56-,57-,58+,59-,60+,61+,62+,63+,64+,65-,66-,67-,68+,69-,70-,71-,72-,73-,74+,75-,76-,77-,78+/m0/s1. The Labute approximate surface area is 788 Å². The summed E-state index contributed by atoms with van der Waals surface area (Å²) in [5, 5.41) is 331. The summed E-state index contributed by atoms with van der Waals surface area (Å²) in [6.07, 6.45) is -103. The Morgan fingerprint density at radius 3 is 0.885 bits per heavy atom. The summed E-state index contributed by atoms with van der Waals surface area (Å²) < 4.78 is 127. The summed E-state index contributed by atoms with van der Waals surface area (Å²) in [4.78, 5) is 77.9. The van der Waals surface area contributed by atoms with Crippen molar-refractivity contribution >= 4 is 35.4 Å². The molecule has 0 saturated carbocycles. The van der Waals surface area contributed by atoms with E-state index in [0.717, 1.165) is 41.5 Å². The number of ether oxygens (including phenoxy) is 21. The van der Waals surface area contributed by atoms with Crippen molar-refractivity contribution in [2.45, 2.75) is 386 Å². The SMILES string of the molecule is CC(=O)N[C@@H]1[C@@H](O)[C@H](O[C@@H]2O[C@H](CO)[C@@H](O[C@@H]3O[C@H](CO[C@H]4O[C@H](CO)[C@@H](O)[C@H](O)[C@@H]4O[C@@H]4O[C@H](CO)[C@@H](O[C@@H]5O[C@H](CO)[C@H](O)[C@H](O)[C@H]5NC(C)=O)[C@H](O)[C@H]4NC(C)=O)[C@@H](O)[C@H](O[C@H]4O[C@H](CO)[C@@H](O)[C@H](O)[C@@H]4O[C@@H]4O[C@H](CO)[C@@H](O[C@@H]5O[C@H](CO)[C@H](O)[C@H](O[C@@H]6O[C@H](CO)[C@H](O)[C@H](O)[C@H]6O)[C@H]5NC(C)=O)[C@H](O)[C@H]4NC(C)=O)[C@@H]3O)[C@H](O)[C@H]2NC(C)=O)[C@@H](CO[C@@H]2O[C@@H](C)[C@@H](O)[C@@H](O)[C@@H]2O)O[C@H]1O. The van der Waals surface area contributed by atoms with Crippen LogP contribution in [0.1, 0.15) is 48.5 Å². The van der Waals surface area contributed by atoms with Gasteiger partial charge in [0.2, 0.25) is 35.4 Å². The molecule has 61 nitrogen and oxygen atoms in total. The van der Waals surface area contributed by atoms with E-state index in [9.17, 15) is 172 Å². The summed E-state index contributed by atoms with van der Waals surface area (Å²) in [5.74, 6) is -5.65. The molecule has 55 atom stereocenters. The quantitative estimate of drug-likeness (QED) is 0.0277. The van der Waals surface area contributed by atoms with Crippen molar-refractivity contribution in [1.82, 2.24) is 31.9 Å². The fraction of sp³-hybridized carbons (Fsp3) is 0.923. The number of hydrogen-bond acceptors (Lipinski definition) is 55. The summed E-state index contributed by atoms with van der Waals surface area (Å²) in [5.41, 5.74) is 0. The van der Waals surface area contributed by atoms with Gasteiger partial charge < -0.3 is 274 Å². The Morgan fingerprint density at radius 2 is 0.460 bits per heavy atom. The first-order chi connectivity index (χ1) is 65.7. The van der Waals surface area contributed by atoms with Crippen LogP contribution < -0.4 is 31.9 Å². The molecular weight excluding hydrogens is 1900 g/mol. The van der Waals surface area contributed by atoms with E-state index in [4.69, 9.17) is 99.5 Å². The Hall–Kier alpha value is -5.14. The molecule has 6 amide bonds. The minimum Gasteiger partial charge on any atom is -0.394 e. The van der Waals surface area contributed by atoms with Crippen LogP contribution in [0.4, 0.5) is 0 Å². The number of aliphatic hydroxyl groups excluding tert-OH is 28. The molecule has 0 unspecified atom stereocenters. The van der Waals surface area contributed by atoms with Gasteiger partial charge in [-0.25, -0.2) is 0 Å². The third kappa shape index (κ3) is 25.8. The molecule has 11 heterocycles. The van der Waals surface area contributed by atoms with Gasteiger partial charge in [-0.15, -0.1) is 0 Å². The fourth-order valence-corrected chi connectivity index (χ4v) is 18.1. The smallest absolute Gasteiger partial charge is 0.217 e. The van der Waals surface area contributed by atoms with Gasteiger partial charge >= 0.3 is 0 Å². The summed E-state index contributed by atoms with van der Waals surface area (Å²) in [7, 11) is 0. The van der Waals surface area contributed by atoms with Crippen LogP contribution in [0.15, 0.2) is 0 Å². The normalized spacial score (nSPS) is 48.3. The number of aliphatic hydroxyl groups is 28. The summed E-state index contributed by atoms with van der Waals surface area (Å²) >= 11 is 0. The van der Waals surface area contributed by atoms with Crippen LogP contribution in [0.2, 0.25) is 0 Å². The van der Waals surface area contributed by atoms with E-state index in [1.165, 1.54) is 6.92 Å². The van der Waals surface area contributed by atoms with Crippen molar-refractivity contribution in [3.63, 3.8) is 0 Å². The van der Waals surface area contributed by atoms with E-state index in [1.807, 2.05) is 0 Å². The van der Waals surface area contributed by atoms with E-state index >= 15 is 0 Å². The molecule has 11 rings (SSSR count). The molecule has 0 aromatic carbocycles. The number of amides is 6. The van der Waals surface area contributed by atoms with E-state index in [-0.39, 0.29) is 0 Å². The number of nitrogens with one attached hydrogen (secondary N) is 6. The van der Waals surface area contributed by atoms with Gasteiger partial charge in [0, 0.05) is 41.5 Å². The minimum absolute atomic E-state index is 0.824. The average molecular weight is 2030 g/mol. The molecule has 0 spiro atoms. The number of carbonyl (C=O) groups is 6. The van der Waals surface area contributed by atoms with Crippen molar-refractivity contribution in [2.75, 3.05) is 66.1 Å². The Kier molecular flexibility index (Phi) is 41.1. The first-order valence-corrected chi connectivity index (χ1v) is 44.5. The van der Waals surface area contributed by atoms with Crippen LogP contribution in [-0.4, -0.2) is 582 Å². The number of hydrogen-bond donors (Lipinski definition) is 34. The fourth-order valence-electron chi connectivity index (χ4n) is 18.1. The third-order valence-corrected chi connectivity index (χ3v) is 25.3. The van der Waals surface area contributed by atoms with Crippen molar-refractivity contribution < 1.29 is 271 Å². The Balaban J connectivity index is 0.929. The molecule has 11 aliphatic heterocycles. The minimum atomic E-state index is -2.69. The lowest BCUT2D eigenvalue weighted by Crippen LogP contribution is -2.71. The van der Waals surface area contributed by atoms with Crippen LogP contribution in [0.25, 0.3) is 0 Å². The van der Waals surface area contributed by atoms with E-state index in [2.05, 4.69) is 31.9 Å². The highest BCUT2D eigenvalue weighted by atomic mass is 16.8. The summed E-state index contributed by atoms with van der Waals surface area (Å²) in [6, 6.07) is -11.5. The Bertz CT molecular complexity index is 3900. The van der Waals surface area contributed by atoms with Gasteiger partial charge in [0.1, 0.15) is 262 Å². The van der Waals surface area contributed by atoms with E-state index in [0.29, 0.717) is 0 Å². The molecule has 11 fully saturated rings. The zero-order chi connectivity index (χ0) is 102. The molecule has 802 valence electrons. The van der Waals surface area contributed by atoms with Crippen molar-refractivity contribution in [3.05, 3.63) is 0 Å². The van der Waals surface area contributed by atoms with Crippen LogP contribution in [0, 0.1) is 0 Å². The van der Waals surface area contributed by atoms with E-state index in [1.54, 1.807) is 0 Å². The largest absolute Gasteiger partial charge is 0.394 e. The van der Waals surface area contributed by atoms with Gasteiger partial charge in [0.25, 0.3) is 0 Å². The van der Waals surface area contributed by atoms with Gasteiger partial charge in [0.05, 0.1) is 72.2 Å². The molecule has 61 heteroatoms. The molecule has 34 N–H and O–H groups in total. The number of rotatable bonds is 36. The second-order valence-electron chi connectivity index (χ2n) is 35.3. The topological polar surface area (TPSA) is 935 Å². The maximum atomic E-state index is 13.4. The van der Waals surface area contributed by atoms with Crippen LogP contribution in [0.5, 0.6) is 0 Å². The predicted molar refractivity (Wildman–Crippen MR) is 430 cm³/mol. The van der Waals surface area contributed by atoms with Crippen molar-refractivity contribution in [1.29, 1.82) is 0 Å². The molecule has 0 aromatic rings. The zero-order valence-electron chi connectivity index (χ0n) is 75.4. The van der Waals surface area contributed by atoms with Gasteiger partial charge in [-0.05, 0) is 6.92 Å². The molecule has 0 radical (unpaired) electrons. The molecule has 0 bridgehead atoms. The highest BCUT2D eigenvalue weighted by Crippen LogP contribution is 2.42. The van der Waals surface area contributed by atoms with Crippen LogP contribution in [-0.2, 0) is 128 Å². The van der Waals surface area contributed by atoms with Crippen molar-refractivity contribution in [3.8, 4) is 0 Å². The van der Waals surface area contributed by atoms with Crippen molar-refractivity contribution in [2.24, 2.45) is 0 Å². The molecule has 0 aromatic heterocycles. The monoisotopic (exact) mass is 2030 g/mol. The van der Waals surface area contributed by atoms with Gasteiger partial charge in [-0.3, -0.25) is 28.8 Å². The highest BCUT2D eigenvalue weighted by Gasteiger charge is 2.63. The lowest BCUT2D eigenvalue weighted by molar-refractivity contribution is -0.398. The lowest BCUT2D eigenvalue weighted by atomic mass is 9.93. The zero-order valence-corrected chi connectivity index (χ0v) is 75.4. The third-order valence-electron chi connectivity index (χ3n) is 25.3. The van der Waals surface area contributed by atoms with Gasteiger partial charge in [-0.1, -0.05) is 0 Å². The molecule has 0 aliphatic carbocycles. The maximum Gasteiger partial charge on any atom is 0.217 e. The van der Waals surface area contributed by atoms with Gasteiger partial charge in [-0.2, -0.15) is 0 Å².